The molecular weight excluding hydrogens is 324 g/mol. The predicted octanol–water partition coefficient (Wildman–Crippen LogP) is 1.48. The summed E-state index contributed by atoms with van der Waals surface area (Å²) in [6.45, 7) is 0.918. The number of nitrogens with one attached hydrogen (secondary N) is 2. The second kappa shape index (κ2) is 7.80. The molecule has 8 nitrogen and oxygen atoms in total. The highest BCUT2D eigenvalue weighted by Gasteiger charge is 2.33. The van der Waals surface area contributed by atoms with E-state index in [1.807, 2.05) is 30.3 Å². The Hall–Kier alpha value is -2.87. The van der Waals surface area contributed by atoms with E-state index < -0.39 is 12.2 Å². The molecule has 0 bridgehead atoms. The van der Waals surface area contributed by atoms with Gasteiger partial charge in [0.25, 0.3) is 5.91 Å². The third-order valence-electron chi connectivity index (χ3n) is 4.17. The SMILES string of the molecule is O=C(NC1CCN(C(=O)O)CC1OCc1ccccc1)c1ncc[nH]1. The number of likely N-dealkylation sites (tertiary alicyclic amines) is 1. The molecular formula is C17H20N4O4. The minimum absolute atomic E-state index is 0.214. The number of nitrogens with zero attached hydrogens (tertiary/aromatic N) is 2. The highest BCUT2D eigenvalue weighted by Crippen LogP contribution is 2.17. The fraction of sp³-hybridized carbons (Fsp3) is 0.353. The lowest BCUT2D eigenvalue weighted by atomic mass is 10.0. The smallest absolute Gasteiger partial charge is 0.407 e. The van der Waals surface area contributed by atoms with E-state index in [2.05, 4.69) is 15.3 Å². The molecule has 1 fully saturated rings. The zero-order valence-corrected chi connectivity index (χ0v) is 13.6. The van der Waals surface area contributed by atoms with Gasteiger partial charge in [0.1, 0.15) is 0 Å². The number of imidazole rings is 1. The number of carbonyl (C=O) groups is 2. The highest BCUT2D eigenvalue weighted by atomic mass is 16.5. The molecule has 0 saturated carbocycles. The molecule has 1 aromatic heterocycles. The maximum Gasteiger partial charge on any atom is 0.407 e. The zero-order chi connectivity index (χ0) is 17.6. The van der Waals surface area contributed by atoms with E-state index in [1.165, 1.54) is 11.1 Å². The van der Waals surface area contributed by atoms with Crippen LogP contribution in [-0.2, 0) is 11.3 Å². The number of carboxylic acid groups (broad SMARTS) is 1. The average Bonchev–Trinajstić information content (AvgIpc) is 3.16. The monoisotopic (exact) mass is 344 g/mol. The van der Waals surface area contributed by atoms with Crippen LogP contribution in [0.2, 0.25) is 0 Å². The quantitative estimate of drug-likeness (QED) is 0.761. The Morgan fingerprint density at radius 3 is 2.84 bits per heavy atom. The third kappa shape index (κ3) is 4.36. The topological polar surface area (TPSA) is 108 Å². The van der Waals surface area contributed by atoms with Gasteiger partial charge >= 0.3 is 6.09 Å². The first-order valence-corrected chi connectivity index (χ1v) is 8.07. The van der Waals surface area contributed by atoms with Crippen molar-refractivity contribution >= 4 is 12.0 Å². The molecule has 1 aromatic carbocycles. The largest absolute Gasteiger partial charge is 0.465 e. The molecule has 2 unspecified atom stereocenters. The van der Waals surface area contributed by atoms with Gasteiger partial charge in [0.05, 0.1) is 25.3 Å². The van der Waals surface area contributed by atoms with Crippen molar-refractivity contribution in [3.05, 3.63) is 54.1 Å². The summed E-state index contributed by atoms with van der Waals surface area (Å²) in [5.74, 6) is -0.102. The molecule has 2 heterocycles. The van der Waals surface area contributed by atoms with Crippen molar-refractivity contribution in [3.63, 3.8) is 0 Å². The van der Waals surface area contributed by atoms with Crippen LogP contribution in [0, 0.1) is 0 Å². The van der Waals surface area contributed by atoms with Crippen LogP contribution >= 0.6 is 0 Å². The van der Waals surface area contributed by atoms with Crippen LogP contribution in [-0.4, -0.2) is 57.2 Å². The number of piperidine rings is 1. The van der Waals surface area contributed by atoms with E-state index in [0.29, 0.717) is 19.6 Å². The number of carbonyl (C=O) groups excluding carboxylic acids is 1. The summed E-state index contributed by atoms with van der Waals surface area (Å²) in [5, 5.41) is 12.1. The van der Waals surface area contributed by atoms with E-state index >= 15 is 0 Å². The Morgan fingerprint density at radius 2 is 2.16 bits per heavy atom. The number of rotatable bonds is 5. The summed E-state index contributed by atoms with van der Waals surface area (Å²) in [6, 6.07) is 9.35. The Bertz CT molecular complexity index is 705. The predicted molar refractivity (Wildman–Crippen MR) is 89.1 cm³/mol. The third-order valence-corrected chi connectivity index (χ3v) is 4.17. The van der Waals surface area contributed by atoms with Crippen molar-refractivity contribution < 1.29 is 19.4 Å². The standard InChI is InChI=1S/C17H20N4O4/c22-16(15-18-7-8-19-15)20-13-6-9-21(17(23)24)10-14(13)25-11-12-4-2-1-3-5-12/h1-5,7-8,13-14H,6,9-11H2,(H,18,19)(H,20,22)(H,23,24). The lowest BCUT2D eigenvalue weighted by Crippen LogP contribution is -2.56. The van der Waals surface area contributed by atoms with Gasteiger partial charge < -0.3 is 25.0 Å². The molecule has 3 rings (SSSR count). The number of H-pyrrole nitrogens is 1. The van der Waals surface area contributed by atoms with Gasteiger partial charge in [-0.2, -0.15) is 0 Å². The number of hydrogen-bond acceptors (Lipinski definition) is 4. The van der Waals surface area contributed by atoms with Crippen LogP contribution in [0.5, 0.6) is 0 Å². The molecule has 132 valence electrons. The first kappa shape index (κ1) is 17.0. The molecule has 1 aliphatic heterocycles. The van der Waals surface area contributed by atoms with Gasteiger partial charge in [-0.1, -0.05) is 30.3 Å². The summed E-state index contributed by atoms with van der Waals surface area (Å²) in [4.78, 5) is 31.5. The van der Waals surface area contributed by atoms with Gasteiger partial charge in [-0.3, -0.25) is 4.79 Å². The van der Waals surface area contributed by atoms with Crippen LogP contribution < -0.4 is 5.32 Å². The molecule has 1 saturated heterocycles. The van der Waals surface area contributed by atoms with Crippen molar-refractivity contribution in [1.29, 1.82) is 0 Å². The fourth-order valence-corrected chi connectivity index (χ4v) is 2.83. The van der Waals surface area contributed by atoms with E-state index in [-0.39, 0.29) is 24.3 Å². The normalized spacial score (nSPS) is 20.2. The molecule has 1 aliphatic rings. The van der Waals surface area contributed by atoms with Gasteiger partial charge in [0.2, 0.25) is 0 Å². The number of benzene rings is 1. The molecule has 8 heteroatoms. The van der Waals surface area contributed by atoms with E-state index in [9.17, 15) is 14.7 Å². The van der Waals surface area contributed by atoms with Crippen LogP contribution in [0.3, 0.4) is 0 Å². The Labute approximate surface area is 144 Å². The van der Waals surface area contributed by atoms with Crippen LogP contribution in [0.1, 0.15) is 22.6 Å². The van der Waals surface area contributed by atoms with Gasteiger partial charge in [-0.15, -0.1) is 0 Å². The summed E-state index contributed by atoms with van der Waals surface area (Å²) >= 11 is 0. The first-order valence-electron chi connectivity index (χ1n) is 8.07. The molecule has 3 N–H and O–H groups in total. The molecule has 2 aromatic rings. The van der Waals surface area contributed by atoms with E-state index in [0.717, 1.165) is 5.56 Å². The zero-order valence-electron chi connectivity index (χ0n) is 13.6. The van der Waals surface area contributed by atoms with Crippen molar-refractivity contribution in [2.24, 2.45) is 0 Å². The Balaban J connectivity index is 1.66. The minimum atomic E-state index is -0.982. The average molecular weight is 344 g/mol. The maximum absolute atomic E-state index is 12.2. The number of aromatic amines is 1. The van der Waals surface area contributed by atoms with Gasteiger partial charge in [0, 0.05) is 18.9 Å². The van der Waals surface area contributed by atoms with Crippen molar-refractivity contribution in [2.75, 3.05) is 13.1 Å². The molecule has 2 atom stereocenters. The summed E-state index contributed by atoms with van der Waals surface area (Å²) in [7, 11) is 0. The lowest BCUT2D eigenvalue weighted by Gasteiger charge is -2.37. The second-order valence-corrected chi connectivity index (χ2v) is 5.87. The Morgan fingerprint density at radius 1 is 1.36 bits per heavy atom. The van der Waals surface area contributed by atoms with Crippen molar-refractivity contribution in [3.8, 4) is 0 Å². The summed E-state index contributed by atoms with van der Waals surface area (Å²) in [6.07, 6.45) is 2.16. The van der Waals surface area contributed by atoms with Crippen LogP contribution in [0.4, 0.5) is 4.79 Å². The van der Waals surface area contributed by atoms with Crippen molar-refractivity contribution in [2.45, 2.75) is 25.2 Å². The lowest BCUT2D eigenvalue weighted by molar-refractivity contribution is -0.0251. The van der Waals surface area contributed by atoms with Crippen LogP contribution in [0.15, 0.2) is 42.7 Å². The fourth-order valence-electron chi connectivity index (χ4n) is 2.83. The number of aromatic nitrogens is 2. The number of hydrogen-bond donors (Lipinski definition) is 3. The molecule has 0 spiro atoms. The van der Waals surface area contributed by atoms with Gasteiger partial charge in [0.15, 0.2) is 5.82 Å². The number of ether oxygens (including phenoxy) is 1. The first-order chi connectivity index (χ1) is 12.1. The minimum Gasteiger partial charge on any atom is -0.465 e. The van der Waals surface area contributed by atoms with Crippen molar-refractivity contribution in [1.82, 2.24) is 20.2 Å². The Kier molecular flexibility index (Phi) is 5.30. The van der Waals surface area contributed by atoms with Crippen LogP contribution in [0.25, 0.3) is 0 Å². The highest BCUT2D eigenvalue weighted by molar-refractivity contribution is 5.90. The molecule has 0 radical (unpaired) electrons. The maximum atomic E-state index is 12.2. The summed E-state index contributed by atoms with van der Waals surface area (Å²) < 4.78 is 5.93. The molecule has 0 aliphatic carbocycles. The summed E-state index contributed by atoms with van der Waals surface area (Å²) in [5.41, 5.74) is 0.992. The molecule has 25 heavy (non-hydrogen) atoms. The second-order valence-electron chi connectivity index (χ2n) is 5.87. The number of amides is 2. The molecule has 2 amide bonds. The van der Waals surface area contributed by atoms with Gasteiger partial charge in [-0.05, 0) is 12.0 Å². The van der Waals surface area contributed by atoms with E-state index in [1.54, 1.807) is 6.20 Å². The van der Waals surface area contributed by atoms with E-state index in [4.69, 9.17) is 4.74 Å². The van der Waals surface area contributed by atoms with Gasteiger partial charge in [-0.25, -0.2) is 9.78 Å².